The van der Waals surface area contributed by atoms with Crippen molar-refractivity contribution in [1.29, 1.82) is 0 Å². The summed E-state index contributed by atoms with van der Waals surface area (Å²) in [5.74, 6) is -0.236. The highest BCUT2D eigenvalue weighted by Gasteiger charge is 2.20. The first-order valence-corrected chi connectivity index (χ1v) is 5.62. The van der Waals surface area contributed by atoms with Crippen molar-refractivity contribution in [3.8, 4) is 11.1 Å². The number of cyclic esters (lactones) is 1. The van der Waals surface area contributed by atoms with Gasteiger partial charge in [-0.3, -0.25) is 0 Å². The number of fused-ring (bicyclic) bond motifs is 3. The van der Waals surface area contributed by atoms with Gasteiger partial charge in [0.25, 0.3) is 0 Å². The molecule has 1 aliphatic heterocycles. The van der Waals surface area contributed by atoms with Crippen LogP contribution in [-0.4, -0.2) is 5.97 Å². The van der Waals surface area contributed by atoms with E-state index in [1.54, 1.807) is 0 Å². The number of aryl methyl sites for hydroxylation is 1. The third-order valence-corrected chi connectivity index (χ3v) is 3.06. The molecule has 0 atom stereocenters. The highest BCUT2D eigenvalue weighted by atomic mass is 16.5. The number of ether oxygens (including phenoxy) is 1. The molecule has 0 amide bonds. The predicted molar refractivity (Wildman–Crippen MR) is 65.7 cm³/mol. The van der Waals surface area contributed by atoms with Crippen LogP contribution >= 0.6 is 0 Å². The summed E-state index contributed by atoms with van der Waals surface area (Å²) in [5.41, 5.74) is 4.85. The van der Waals surface area contributed by atoms with E-state index in [9.17, 15) is 4.79 Å². The van der Waals surface area contributed by atoms with E-state index in [4.69, 9.17) is 4.74 Å². The van der Waals surface area contributed by atoms with Crippen LogP contribution in [0.2, 0.25) is 0 Å². The number of esters is 1. The Morgan fingerprint density at radius 2 is 1.82 bits per heavy atom. The Balaban J connectivity index is 2.31. The van der Waals surface area contributed by atoms with E-state index in [0.29, 0.717) is 12.2 Å². The Labute approximate surface area is 99.9 Å². The molecular formula is C15H12O2. The third kappa shape index (κ3) is 1.62. The second kappa shape index (κ2) is 3.74. The molecule has 1 heterocycles. The zero-order valence-corrected chi connectivity index (χ0v) is 9.57. The van der Waals surface area contributed by atoms with Gasteiger partial charge in [0.1, 0.15) is 6.61 Å². The monoisotopic (exact) mass is 224 g/mol. The molecule has 0 N–H and O–H groups in total. The summed E-state index contributed by atoms with van der Waals surface area (Å²) in [7, 11) is 0. The van der Waals surface area contributed by atoms with Gasteiger partial charge in [0, 0.05) is 0 Å². The molecule has 17 heavy (non-hydrogen) atoms. The minimum absolute atomic E-state index is 0.236. The second-order valence-electron chi connectivity index (χ2n) is 4.28. The quantitative estimate of drug-likeness (QED) is 0.641. The van der Waals surface area contributed by atoms with E-state index in [1.807, 2.05) is 49.4 Å². The van der Waals surface area contributed by atoms with E-state index in [-0.39, 0.29) is 5.97 Å². The molecule has 0 radical (unpaired) electrons. The molecule has 0 bridgehead atoms. The van der Waals surface area contributed by atoms with Crippen LogP contribution in [-0.2, 0) is 11.3 Å². The zero-order chi connectivity index (χ0) is 11.8. The van der Waals surface area contributed by atoms with Crippen LogP contribution < -0.4 is 0 Å². The van der Waals surface area contributed by atoms with Gasteiger partial charge in [-0.15, -0.1) is 0 Å². The minimum atomic E-state index is -0.236. The van der Waals surface area contributed by atoms with Crippen LogP contribution in [0, 0.1) is 6.92 Å². The van der Waals surface area contributed by atoms with Crippen molar-refractivity contribution in [1.82, 2.24) is 0 Å². The molecule has 0 aromatic heterocycles. The summed E-state index contributed by atoms with van der Waals surface area (Å²) in [6, 6.07) is 13.9. The first kappa shape index (κ1) is 10.1. The van der Waals surface area contributed by atoms with Crippen molar-refractivity contribution in [2.75, 3.05) is 0 Å². The van der Waals surface area contributed by atoms with Crippen LogP contribution in [0.5, 0.6) is 0 Å². The molecule has 0 aliphatic carbocycles. The van der Waals surface area contributed by atoms with Gasteiger partial charge in [0.05, 0.1) is 5.56 Å². The highest BCUT2D eigenvalue weighted by Crippen LogP contribution is 2.31. The van der Waals surface area contributed by atoms with Crippen molar-refractivity contribution < 1.29 is 9.53 Å². The minimum Gasteiger partial charge on any atom is -0.457 e. The Kier molecular flexibility index (Phi) is 2.22. The standard InChI is InChI=1S/C15H12O2/c1-10-6-7-13-12-5-3-2-4-11(12)9-17-15(16)14(13)8-10/h2-8H,9H2,1H3. The van der Waals surface area contributed by atoms with Crippen LogP contribution in [0.1, 0.15) is 21.5 Å². The van der Waals surface area contributed by atoms with Crippen molar-refractivity contribution in [2.24, 2.45) is 0 Å². The maximum absolute atomic E-state index is 11.9. The fourth-order valence-electron chi connectivity index (χ4n) is 2.19. The van der Waals surface area contributed by atoms with E-state index in [0.717, 1.165) is 22.3 Å². The zero-order valence-electron chi connectivity index (χ0n) is 9.57. The van der Waals surface area contributed by atoms with Gasteiger partial charge in [-0.05, 0) is 29.7 Å². The van der Waals surface area contributed by atoms with Crippen molar-refractivity contribution in [3.63, 3.8) is 0 Å². The molecule has 2 aromatic rings. The van der Waals surface area contributed by atoms with Gasteiger partial charge in [-0.25, -0.2) is 4.79 Å². The molecule has 0 unspecified atom stereocenters. The van der Waals surface area contributed by atoms with E-state index < -0.39 is 0 Å². The number of carbonyl (C=O) groups excluding carboxylic acids is 1. The number of rotatable bonds is 0. The fourth-order valence-corrected chi connectivity index (χ4v) is 2.19. The number of carbonyl (C=O) groups is 1. The van der Waals surface area contributed by atoms with Crippen LogP contribution in [0.15, 0.2) is 42.5 Å². The van der Waals surface area contributed by atoms with Gasteiger partial charge in [-0.1, -0.05) is 42.0 Å². The summed E-state index contributed by atoms with van der Waals surface area (Å²) < 4.78 is 5.27. The Morgan fingerprint density at radius 3 is 2.71 bits per heavy atom. The molecule has 0 saturated heterocycles. The Morgan fingerprint density at radius 1 is 1.00 bits per heavy atom. The number of hydrogen-bond acceptors (Lipinski definition) is 2. The average Bonchev–Trinajstić information content (AvgIpc) is 2.48. The largest absolute Gasteiger partial charge is 0.457 e. The normalized spacial score (nSPS) is 13.4. The van der Waals surface area contributed by atoms with Crippen LogP contribution in [0.3, 0.4) is 0 Å². The molecule has 1 aliphatic rings. The second-order valence-corrected chi connectivity index (χ2v) is 4.28. The van der Waals surface area contributed by atoms with Crippen molar-refractivity contribution in [3.05, 3.63) is 59.2 Å². The van der Waals surface area contributed by atoms with Crippen LogP contribution in [0.4, 0.5) is 0 Å². The number of hydrogen-bond donors (Lipinski definition) is 0. The van der Waals surface area contributed by atoms with Crippen molar-refractivity contribution in [2.45, 2.75) is 13.5 Å². The van der Waals surface area contributed by atoms with Gasteiger partial charge >= 0.3 is 5.97 Å². The molecule has 0 fully saturated rings. The van der Waals surface area contributed by atoms with Gasteiger partial charge in [-0.2, -0.15) is 0 Å². The molecule has 2 nitrogen and oxygen atoms in total. The maximum atomic E-state index is 11.9. The summed E-state index contributed by atoms with van der Waals surface area (Å²) in [6.45, 7) is 2.33. The first-order valence-electron chi connectivity index (χ1n) is 5.62. The number of benzene rings is 2. The average molecular weight is 224 g/mol. The van der Waals surface area contributed by atoms with E-state index in [1.165, 1.54) is 0 Å². The molecular weight excluding hydrogens is 212 g/mol. The smallest absolute Gasteiger partial charge is 0.339 e. The maximum Gasteiger partial charge on any atom is 0.339 e. The lowest BCUT2D eigenvalue weighted by Gasteiger charge is -2.07. The summed E-state index contributed by atoms with van der Waals surface area (Å²) >= 11 is 0. The van der Waals surface area contributed by atoms with Gasteiger partial charge in [0.2, 0.25) is 0 Å². The summed E-state index contributed by atoms with van der Waals surface area (Å²) in [4.78, 5) is 11.9. The first-order chi connectivity index (χ1) is 8.25. The molecule has 84 valence electrons. The van der Waals surface area contributed by atoms with Gasteiger partial charge in [0.15, 0.2) is 0 Å². The third-order valence-electron chi connectivity index (χ3n) is 3.06. The van der Waals surface area contributed by atoms with Crippen LogP contribution in [0.25, 0.3) is 11.1 Å². The lowest BCUT2D eigenvalue weighted by molar-refractivity contribution is 0.0479. The summed E-state index contributed by atoms with van der Waals surface area (Å²) in [6.07, 6.45) is 0. The molecule has 0 spiro atoms. The highest BCUT2D eigenvalue weighted by molar-refractivity contribution is 5.99. The molecule has 3 rings (SSSR count). The fraction of sp³-hybridized carbons (Fsp3) is 0.133. The summed E-state index contributed by atoms with van der Waals surface area (Å²) in [5, 5.41) is 0. The lowest BCUT2D eigenvalue weighted by Crippen LogP contribution is -2.03. The van der Waals surface area contributed by atoms with Gasteiger partial charge < -0.3 is 4.74 Å². The topological polar surface area (TPSA) is 26.3 Å². The van der Waals surface area contributed by atoms with Crippen molar-refractivity contribution >= 4 is 5.97 Å². The molecule has 0 saturated carbocycles. The Bertz CT molecular complexity index is 600. The SMILES string of the molecule is Cc1ccc2c(c1)C(=O)OCc1ccccc1-2. The predicted octanol–water partition coefficient (Wildman–Crippen LogP) is 3.33. The van der Waals surface area contributed by atoms with E-state index in [2.05, 4.69) is 0 Å². The molecule has 2 heteroatoms. The Hall–Kier alpha value is -2.09. The molecule has 2 aromatic carbocycles. The van der Waals surface area contributed by atoms with E-state index >= 15 is 0 Å². The lowest BCUT2D eigenvalue weighted by atomic mass is 9.95.